The minimum Gasteiger partial charge on any atom is -0.497 e. The maximum absolute atomic E-state index is 12.8. The van der Waals surface area contributed by atoms with Gasteiger partial charge >= 0.3 is 6.09 Å². The number of benzene rings is 2. The number of fused-ring (bicyclic) bond motifs is 1. The topological polar surface area (TPSA) is 71.9 Å². The minimum atomic E-state index is -0.852. The average molecular weight is 435 g/mol. The highest BCUT2D eigenvalue weighted by Crippen LogP contribution is 2.36. The van der Waals surface area contributed by atoms with E-state index in [1.54, 1.807) is 12.0 Å². The Bertz CT molecular complexity index is 1110. The Morgan fingerprint density at radius 1 is 1.16 bits per heavy atom. The summed E-state index contributed by atoms with van der Waals surface area (Å²) < 4.78 is 10.9. The number of nitrogens with zero attached hydrogens (tertiary/aromatic N) is 2. The van der Waals surface area contributed by atoms with Crippen LogP contribution in [-0.2, 0) is 4.74 Å². The molecule has 1 amide bonds. The van der Waals surface area contributed by atoms with Gasteiger partial charge in [0.2, 0.25) is 0 Å². The number of methoxy groups -OCH3 is 1. The molecule has 4 rings (SSSR count). The highest BCUT2D eigenvalue weighted by Gasteiger charge is 2.37. The van der Waals surface area contributed by atoms with Gasteiger partial charge in [-0.3, -0.25) is 0 Å². The molecule has 0 bridgehead atoms. The summed E-state index contributed by atoms with van der Waals surface area (Å²) in [5.41, 5.74) is 2.68. The van der Waals surface area contributed by atoms with Crippen LogP contribution in [0.5, 0.6) is 5.75 Å². The van der Waals surface area contributed by atoms with Crippen LogP contribution in [0.25, 0.3) is 22.2 Å². The van der Waals surface area contributed by atoms with E-state index in [2.05, 4.69) is 0 Å². The standard InChI is InChI=1S/C26H30N2O4/c1-26(2,3)32-25(30)28-15-7-10-23(28)24(29)20-16-22(17-11-13-18(31-4)14-12-17)27-21-9-6-5-8-19(20)21/h5-6,8-9,11-14,16,23-24,29H,7,10,15H2,1-4H3. The van der Waals surface area contributed by atoms with Gasteiger partial charge in [-0.05, 0) is 75.6 Å². The van der Waals surface area contributed by atoms with Crippen molar-refractivity contribution in [2.75, 3.05) is 13.7 Å². The molecule has 2 atom stereocenters. The van der Waals surface area contributed by atoms with Crippen molar-refractivity contribution in [1.29, 1.82) is 0 Å². The van der Waals surface area contributed by atoms with E-state index in [-0.39, 0.29) is 12.1 Å². The molecular formula is C26H30N2O4. The van der Waals surface area contributed by atoms with Crippen LogP contribution in [0.4, 0.5) is 4.79 Å². The Hall–Kier alpha value is -3.12. The Morgan fingerprint density at radius 3 is 2.56 bits per heavy atom. The first-order valence-electron chi connectivity index (χ1n) is 11.0. The van der Waals surface area contributed by atoms with Crippen molar-refractivity contribution in [3.05, 3.63) is 60.2 Å². The molecule has 1 N–H and O–H groups in total. The van der Waals surface area contributed by atoms with Crippen LogP contribution >= 0.6 is 0 Å². The molecule has 6 nitrogen and oxygen atoms in total. The lowest BCUT2D eigenvalue weighted by atomic mass is 9.95. The molecule has 1 aromatic heterocycles. The fourth-order valence-corrected chi connectivity index (χ4v) is 4.23. The molecule has 0 spiro atoms. The number of rotatable bonds is 4. The lowest BCUT2D eigenvalue weighted by Crippen LogP contribution is -2.42. The van der Waals surface area contributed by atoms with Crippen LogP contribution < -0.4 is 4.74 Å². The summed E-state index contributed by atoms with van der Waals surface area (Å²) in [5, 5.41) is 12.4. The van der Waals surface area contributed by atoms with Gasteiger partial charge in [-0.1, -0.05) is 18.2 Å². The highest BCUT2D eigenvalue weighted by atomic mass is 16.6. The summed E-state index contributed by atoms with van der Waals surface area (Å²) in [4.78, 5) is 19.3. The molecule has 0 radical (unpaired) electrons. The summed E-state index contributed by atoms with van der Waals surface area (Å²) in [7, 11) is 1.63. The predicted molar refractivity (Wildman–Crippen MR) is 125 cm³/mol. The highest BCUT2D eigenvalue weighted by molar-refractivity contribution is 5.85. The molecule has 32 heavy (non-hydrogen) atoms. The summed E-state index contributed by atoms with van der Waals surface area (Å²) in [6, 6.07) is 17.1. The Kier molecular flexibility index (Phi) is 6.07. The van der Waals surface area contributed by atoms with E-state index in [0.29, 0.717) is 6.54 Å². The van der Waals surface area contributed by atoms with Gasteiger partial charge in [-0.25, -0.2) is 9.78 Å². The van der Waals surface area contributed by atoms with E-state index in [9.17, 15) is 9.90 Å². The Balaban J connectivity index is 1.73. The monoisotopic (exact) mass is 434 g/mol. The number of pyridine rings is 1. The lowest BCUT2D eigenvalue weighted by molar-refractivity contribution is 0.00512. The van der Waals surface area contributed by atoms with Gasteiger partial charge in [0.25, 0.3) is 0 Å². The molecule has 0 saturated carbocycles. The molecule has 1 saturated heterocycles. The van der Waals surface area contributed by atoms with Crippen molar-refractivity contribution in [3.63, 3.8) is 0 Å². The zero-order valence-electron chi connectivity index (χ0n) is 19.0. The molecule has 6 heteroatoms. The van der Waals surface area contributed by atoms with Crippen molar-refractivity contribution in [3.8, 4) is 17.0 Å². The molecule has 1 aliphatic rings. The summed E-state index contributed by atoms with van der Waals surface area (Å²) in [5.74, 6) is 0.772. The quantitative estimate of drug-likeness (QED) is 0.600. The van der Waals surface area contributed by atoms with E-state index in [1.165, 1.54) is 0 Å². The molecule has 1 aliphatic heterocycles. The number of aliphatic hydroxyl groups is 1. The number of para-hydroxylation sites is 1. The number of hydrogen-bond acceptors (Lipinski definition) is 5. The second-order valence-corrected chi connectivity index (χ2v) is 9.17. The van der Waals surface area contributed by atoms with Crippen LogP contribution in [0, 0.1) is 0 Å². The first-order chi connectivity index (χ1) is 15.3. The third-order valence-electron chi connectivity index (χ3n) is 5.74. The van der Waals surface area contributed by atoms with Crippen molar-refractivity contribution in [2.45, 2.75) is 51.4 Å². The molecule has 1 fully saturated rings. The second-order valence-electron chi connectivity index (χ2n) is 9.17. The number of carbonyl (C=O) groups is 1. The van der Waals surface area contributed by atoms with Crippen molar-refractivity contribution < 1.29 is 19.4 Å². The lowest BCUT2D eigenvalue weighted by Gasteiger charge is -2.31. The number of aromatic nitrogens is 1. The number of ether oxygens (including phenoxy) is 2. The summed E-state index contributed by atoms with van der Waals surface area (Å²) in [6.45, 7) is 6.13. The van der Waals surface area contributed by atoms with E-state index in [0.717, 1.165) is 46.3 Å². The fourth-order valence-electron chi connectivity index (χ4n) is 4.23. The van der Waals surface area contributed by atoms with Crippen LogP contribution in [0.1, 0.15) is 45.3 Å². The van der Waals surface area contributed by atoms with Crippen LogP contribution in [-0.4, -0.2) is 46.4 Å². The zero-order valence-corrected chi connectivity index (χ0v) is 19.0. The molecule has 2 unspecified atom stereocenters. The molecule has 168 valence electrons. The first-order valence-corrected chi connectivity index (χ1v) is 11.0. The van der Waals surface area contributed by atoms with Crippen LogP contribution in [0.15, 0.2) is 54.6 Å². The third kappa shape index (κ3) is 4.55. The van der Waals surface area contributed by atoms with Gasteiger partial charge in [-0.15, -0.1) is 0 Å². The number of hydrogen-bond donors (Lipinski definition) is 1. The van der Waals surface area contributed by atoms with Gasteiger partial charge in [0.15, 0.2) is 0 Å². The van der Waals surface area contributed by atoms with Gasteiger partial charge in [0.05, 0.1) is 24.4 Å². The zero-order chi connectivity index (χ0) is 22.9. The van der Waals surface area contributed by atoms with E-state index in [1.807, 2.05) is 75.4 Å². The molecular weight excluding hydrogens is 404 g/mol. The van der Waals surface area contributed by atoms with Crippen LogP contribution in [0.2, 0.25) is 0 Å². The summed E-state index contributed by atoms with van der Waals surface area (Å²) in [6.07, 6.45) is 0.312. The van der Waals surface area contributed by atoms with Crippen molar-refractivity contribution in [2.24, 2.45) is 0 Å². The number of amides is 1. The van der Waals surface area contributed by atoms with E-state index in [4.69, 9.17) is 14.5 Å². The second kappa shape index (κ2) is 8.79. The SMILES string of the molecule is COc1ccc(-c2cc(C(O)C3CCCN3C(=O)OC(C)(C)C)c3ccccc3n2)cc1. The Morgan fingerprint density at radius 2 is 1.88 bits per heavy atom. The number of carbonyl (C=O) groups excluding carboxylic acids is 1. The number of aliphatic hydroxyl groups excluding tert-OH is 1. The number of likely N-dealkylation sites (tertiary alicyclic amines) is 1. The third-order valence-corrected chi connectivity index (χ3v) is 5.74. The van der Waals surface area contributed by atoms with Crippen molar-refractivity contribution in [1.82, 2.24) is 9.88 Å². The molecule has 0 aliphatic carbocycles. The van der Waals surface area contributed by atoms with Gasteiger partial charge in [-0.2, -0.15) is 0 Å². The first kappa shape index (κ1) is 22.1. The largest absolute Gasteiger partial charge is 0.497 e. The van der Waals surface area contributed by atoms with Gasteiger partial charge < -0.3 is 19.5 Å². The molecule has 3 aromatic rings. The average Bonchev–Trinajstić information content (AvgIpc) is 3.27. The van der Waals surface area contributed by atoms with Gasteiger partial charge in [0, 0.05) is 17.5 Å². The molecule has 2 heterocycles. The van der Waals surface area contributed by atoms with Crippen molar-refractivity contribution >= 4 is 17.0 Å². The minimum absolute atomic E-state index is 0.348. The Labute approximate surface area is 188 Å². The summed E-state index contributed by atoms with van der Waals surface area (Å²) >= 11 is 0. The predicted octanol–water partition coefficient (Wildman–Crippen LogP) is 5.34. The normalized spacial score (nSPS) is 17.4. The van der Waals surface area contributed by atoms with E-state index < -0.39 is 11.7 Å². The smallest absolute Gasteiger partial charge is 0.410 e. The maximum Gasteiger partial charge on any atom is 0.410 e. The molecule has 2 aromatic carbocycles. The maximum atomic E-state index is 12.8. The fraction of sp³-hybridized carbons (Fsp3) is 0.385. The van der Waals surface area contributed by atoms with Gasteiger partial charge in [0.1, 0.15) is 17.5 Å². The van der Waals surface area contributed by atoms with E-state index >= 15 is 0 Å². The van der Waals surface area contributed by atoms with Crippen LogP contribution in [0.3, 0.4) is 0 Å².